The van der Waals surface area contributed by atoms with Gasteiger partial charge in [-0.2, -0.15) is 0 Å². The lowest BCUT2D eigenvalue weighted by atomic mass is 9.84. The van der Waals surface area contributed by atoms with E-state index >= 15 is 0 Å². The SMILES string of the molecule is CCCCC(CC)CCCC(O)C(C)(C)C. The minimum atomic E-state index is -0.142. The van der Waals surface area contributed by atoms with Crippen LogP contribution in [0.1, 0.15) is 79.6 Å². The maximum absolute atomic E-state index is 9.95. The number of aliphatic hydroxyl groups is 1. The molecule has 0 radical (unpaired) electrons. The summed E-state index contributed by atoms with van der Waals surface area (Å²) in [5.41, 5.74) is 0.0468. The van der Waals surface area contributed by atoms with Gasteiger partial charge in [-0.1, -0.05) is 73.1 Å². The molecule has 0 fully saturated rings. The van der Waals surface area contributed by atoms with Crippen molar-refractivity contribution in [2.75, 3.05) is 0 Å². The molecular weight excluding hydrogens is 196 g/mol. The first kappa shape index (κ1) is 16.0. The topological polar surface area (TPSA) is 20.2 Å². The summed E-state index contributed by atoms with van der Waals surface area (Å²) in [6, 6.07) is 0. The Balaban J connectivity index is 3.69. The van der Waals surface area contributed by atoms with Crippen molar-refractivity contribution in [1.82, 2.24) is 0 Å². The third-order valence-electron chi connectivity index (χ3n) is 3.63. The average Bonchev–Trinajstić information content (AvgIpc) is 2.21. The predicted molar refractivity (Wildman–Crippen MR) is 72.6 cm³/mol. The van der Waals surface area contributed by atoms with Crippen LogP contribution >= 0.6 is 0 Å². The predicted octanol–water partition coefficient (Wildman–Crippen LogP) is 4.78. The minimum absolute atomic E-state index is 0.0468. The lowest BCUT2D eigenvalue weighted by molar-refractivity contribution is 0.0522. The second-order valence-corrected chi connectivity index (χ2v) is 6.23. The Hall–Kier alpha value is -0.0400. The van der Waals surface area contributed by atoms with Gasteiger partial charge in [0, 0.05) is 0 Å². The largest absolute Gasteiger partial charge is 0.393 e. The van der Waals surface area contributed by atoms with Crippen molar-refractivity contribution in [2.45, 2.75) is 85.7 Å². The van der Waals surface area contributed by atoms with Gasteiger partial charge < -0.3 is 5.11 Å². The van der Waals surface area contributed by atoms with Gasteiger partial charge in [0.1, 0.15) is 0 Å². The first-order chi connectivity index (χ1) is 7.41. The number of aliphatic hydroxyl groups excluding tert-OH is 1. The zero-order valence-electron chi connectivity index (χ0n) is 12.1. The molecular formula is C15H32O. The molecule has 0 aromatic heterocycles. The van der Waals surface area contributed by atoms with Crippen LogP contribution in [0.15, 0.2) is 0 Å². The van der Waals surface area contributed by atoms with Crippen molar-refractivity contribution in [1.29, 1.82) is 0 Å². The molecule has 0 amide bonds. The highest BCUT2D eigenvalue weighted by molar-refractivity contribution is 4.73. The van der Waals surface area contributed by atoms with Gasteiger partial charge in [-0.15, -0.1) is 0 Å². The summed E-state index contributed by atoms with van der Waals surface area (Å²) in [5, 5.41) is 9.95. The van der Waals surface area contributed by atoms with E-state index in [4.69, 9.17) is 0 Å². The summed E-state index contributed by atoms with van der Waals surface area (Å²) in [6.45, 7) is 10.9. The molecule has 0 aliphatic heterocycles. The molecule has 0 aromatic rings. The van der Waals surface area contributed by atoms with E-state index in [0.717, 1.165) is 12.3 Å². The van der Waals surface area contributed by atoms with E-state index in [1.165, 1.54) is 38.5 Å². The highest BCUT2D eigenvalue weighted by Gasteiger charge is 2.21. The van der Waals surface area contributed by atoms with Crippen LogP contribution in [-0.2, 0) is 0 Å². The Morgan fingerprint density at radius 2 is 1.50 bits per heavy atom. The van der Waals surface area contributed by atoms with E-state index in [0.29, 0.717) is 0 Å². The summed E-state index contributed by atoms with van der Waals surface area (Å²) in [6.07, 6.45) is 8.64. The van der Waals surface area contributed by atoms with Crippen LogP contribution < -0.4 is 0 Å². The van der Waals surface area contributed by atoms with Crippen molar-refractivity contribution in [2.24, 2.45) is 11.3 Å². The molecule has 0 heterocycles. The molecule has 0 aromatic carbocycles. The maximum atomic E-state index is 9.95. The molecule has 0 aliphatic carbocycles. The summed E-state index contributed by atoms with van der Waals surface area (Å²) >= 11 is 0. The fourth-order valence-corrected chi connectivity index (χ4v) is 2.08. The van der Waals surface area contributed by atoms with E-state index in [1.807, 2.05) is 0 Å². The molecule has 0 saturated heterocycles. The van der Waals surface area contributed by atoms with Crippen LogP contribution in [0.4, 0.5) is 0 Å². The molecule has 2 atom stereocenters. The summed E-state index contributed by atoms with van der Waals surface area (Å²) < 4.78 is 0. The number of rotatable bonds is 8. The van der Waals surface area contributed by atoms with Crippen LogP contribution in [-0.4, -0.2) is 11.2 Å². The lowest BCUT2D eigenvalue weighted by Gasteiger charge is -2.26. The average molecular weight is 228 g/mol. The zero-order valence-corrected chi connectivity index (χ0v) is 12.1. The van der Waals surface area contributed by atoms with Gasteiger partial charge >= 0.3 is 0 Å². The van der Waals surface area contributed by atoms with Crippen molar-refractivity contribution in [3.63, 3.8) is 0 Å². The molecule has 0 rings (SSSR count). The second-order valence-electron chi connectivity index (χ2n) is 6.23. The molecule has 16 heavy (non-hydrogen) atoms. The molecule has 0 saturated carbocycles. The Morgan fingerprint density at radius 1 is 0.938 bits per heavy atom. The Morgan fingerprint density at radius 3 is 1.94 bits per heavy atom. The highest BCUT2D eigenvalue weighted by atomic mass is 16.3. The van der Waals surface area contributed by atoms with Gasteiger partial charge in [-0.3, -0.25) is 0 Å². The lowest BCUT2D eigenvalue weighted by Crippen LogP contribution is -2.25. The summed E-state index contributed by atoms with van der Waals surface area (Å²) in [5.74, 6) is 0.882. The quantitative estimate of drug-likeness (QED) is 0.634. The number of hydrogen-bond acceptors (Lipinski definition) is 1. The van der Waals surface area contributed by atoms with Crippen molar-refractivity contribution >= 4 is 0 Å². The number of hydrogen-bond donors (Lipinski definition) is 1. The van der Waals surface area contributed by atoms with E-state index in [9.17, 15) is 5.11 Å². The van der Waals surface area contributed by atoms with Crippen molar-refractivity contribution in [3.8, 4) is 0 Å². The third-order valence-corrected chi connectivity index (χ3v) is 3.63. The van der Waals surface area contributed by atoms with Crippen LogP contribution in [0, 0.1) is 11.3 Å². The maximum Gasteiger partial charge on any atom is 0.0588 e. The Labute approximate surface area is 103 Å². The molecule has 98 valence electrons. The summed E-state index contributed by atoms with van der Waals surface area (Å²) in [7, 11) is 0. The van der Waals surface area contributed by atoms with Crippen LogP contribution in [0.3, 0.4) is 0 Å². The van der Waals surface area contributed by atoms with Crippen LogP contribution in [0.25, 0.3) is 0 Å². The Bertz CT molecular complexity index is 157. The van der Waals surface area contributed by atoms with Gasteiger partial charge in [0.25, 0.3) is 0 Å². The third kappa shape index (κ3) is 7.27. The van der Waals surface area contributed by atoms with E-state index in [1.54, 1.807) is 0 Å². The first-order valence-electron chi connectivity index (χ1n) is 7.09. The zero-order chi connectivity index (χ0) is 12.6. The molecule has 1 N–H and O–H groups in total. The van der Waals surface area contributed by atoms with Crippen LogP contribution in [0.2, 0.25) is 0 Å². The molecule has 0 aliphatic rings. The molecule has 0 spiro atoms. The molecule has 2 unspecified atom stereocenters. The minimum Gasteiger partial charge on any atom is -0.393 e. The van der Waals surface area contributed by atoms with Crippen LogP contribution in [0.5, 0.6) is 0 Å². The van der Waals surface area contributed by atoms with E-state index in [-0.39, 0.29) is 11.5 Å². The van der Waals surface area contributed by atoms with Gasteiger partial charge in [0.05, 0.1) is 6.10 Å². The van der Waals surface area contributed by atoms with E-state index < -0.39 is 0 Å². The standard InChI is InChI=1S/C15H32O/c1-6-8-10-13(7-2)11-9-12-14(16)15(3,4)5/h13-14,16H,6-12H2,1-5H3. The van der Waals surface area contributed by atoms with Gasteiger partial charge in [0.2, 0.25) is 0 Å². The smallest absolute Gasteiger partial charge is 0.0588 e. The van der Waals surface area contributed by atoms with Gasteiger partial charge in [-0.05, 0) is 17.8 Å². The highest BCUT2D eigenvalue weighted by Crippen LogP contribution is 2.25. The fourth-order valence-electron chi connectivity index (χ4n) is 2.08. The monoisotopic (exact) mass is 228 g/mol. The van der Waals surface area contributed by atoms with Gasteiger partial charge in [-0.25, -0.2) is 0 Å². The fraction of sp³-hybridized carbons (Fsp3) is 1.00. The number of unbranched alkanes of at least 4 members (excludes halogenated alkanes) is 1. The van der Waals surface area contributed by atoms with Crippen molar-refractivity contribution in [3.05, 3.63) is 0 Å². The molecule has 0 bridgehead atoms. The first-order valence-corrected chi connectivity index (χ1v) is 7.09. The Kier molecular flexibility index (Phi) is 8.09. The second kappa shape index (κ2) is 8.11. The van der Waals surface area contributed by atoms with E-state index in [2.05, 4.69) is 34.6 Å². The normalized spacial score (nSPS) is 16.1. The molecule has 1 nitrogen and oxygen atoms in total. The van der Waals surface area contributed by atoms with Gasteiger partial charge in [0.15, 0.2) is 0 Å². The van der Waals surface area contributed by atoms with Crippen molar-refractivity contribution < 1.29 is 5.11 Å². The molecule has 1 heteroatoms. The summed E-state index contributed by atoms with van der Waals surface area (Å²) in [4.78, 5) is 0.